The van der Waals surface area contributed by atoms with E-state index in [1.54, 1.807) is 29.6 Å². The van der Waals surface area contributed by atoms with Gasteiger partial charge in [0.15, 0.2) is 5.58 Å². The van der Waals surface area contributed by atoms with Crippen LogP contribution in [0.15, 0.2) is 70.5 Å². The first-order valence-corrected chi connectivity index (χ1v) is 10.4. The van der Waals surface area contributed by atoms with Crippen molar-refractivity contribution in [2.45, 2.75) is 6.92 Å². The summed E-state index contributed by atoms with van der Waals surface area (Å²) in [6.07, 6.45) is 0. The molecular formula is C24H16N2O4S. The Hall–Kier alpha value is -3.97. The molecule has 3 aromatic carbocycles. The molecule has 0 atom stereocenters. The second-order valence-electron chi connectivity index (χ2n) is 7.08. The monoisotopic (exact) mass is 428 g/mol. The topological polar surface area (TPSA) is 92.4 Å². The lowest BCUT2D eigenvalue weighted by molar-refractivity contribution is 0.0699. The predicted octanol–water partition coefficient (Wildman–Crippen LogP) is 5.97. The van der Waals surface area contributed by atoms with Crippen molar-refractivity contribution in [2.75, 3.05) is 5.32 Å². The lowest BCUT2D eigenvalue weighted by Crippen LogP contribution is -2.13. The van der Waals surface area contributed by atoms with Crippen LogP contribution in [0.3, 0.4) is 0 Å². The number of nitrogens with zero attached hydrogens (tertiary/aromatic N) is 1. The third kappa shape index (κ3) is 3.25. The molecule has 5 aromatic rings. The first-order valence-electron chi connectivity index (χ1n) is 9.53. The number of amides is 1. The minimum atomic E-state index is -1.12. The summed E-state index contributed by atoms with van der Waals surface area (Å²) in [5, 5.41) is 16.6. The molecule has 5 rings (SSSR count). The summed E-state index contributed by atoms with van der Waals surface area (Å²) in [4.78, 5) is 29.0. The van der Waals surface area contributed by atoms with E-state index in [0.29, 0.717) is 16.7 Å². The number of hydrogen-bond acceptors (Lipinski definition) is 5. The SMILES string of the molecule is Cc1ccc(-c2csc(NC(=O)c3nc4ccccc4o3)c2C(=O)O)c2ccccc12. The molecule has 0 spiro atoms. The van der Waals surface area contributed by atoms with Crippen molar-refractivity contribution in [3.8, 4) is 11.1 Å². The van der Waals surface area contributed by atoms with Crippen molar-refractivity contribution < 1.29 is 19.1 Å². The molecule has 0 aliphatic heterocycles. The highest BCUT2D eigenvalue weighted by atomic mass is 32.1. The fourth-order valence-corrected chi connectivity index (χ4v) is 4.62. The van der Waals surface area contributed by atoms with Gasteiger partial charge in [0, 0.05) is 10.9 Å². The Morgan fingerprint density at radius 3 is 2.48 bits per heavy atom. The highest BCUT2D eigenvalue weighted by molar-refractivity contribution is 7.15. The van der Waals surface area contributed by atoms with Crippen LogP contribution in [0.2, 0.25) is 0 Å². The van der Waals surface area contributed by atoms with E-state index < -0.39 is 11.9 Å². The Labute approximate surface area is 180 Å². The fourth-order valence-electron chi connectivity index (χ4n) is 3.67. The number of carboxylic acid groups (broad SMARTS) is 1. The number of fused-ring (bicyclic) bond motifs is 2. The lowest BCUT2D eigenvalue weighted by Gasteiger charge is -2.10. The fraction of sp³-hybridized carbons (Fsp3) is 0.0417. The molecule has 0 radical (unpaired) electrons. The van der Waals surface area contributed by atoms with Crippen molar-refractivity contribution in [1.29, 1.82) is 0 Å². The molecular weight excluding hydrogens is 412 g/mol. The van der Waals surface area contributed by atoms with E-state index in [2.05, 4.69) is 10.3 Å². The first kappa shape index (κ1) is 19.0. The molecule has 0 unspecified atom stereocenters. The zero-order valence-electron chi connectivity index (χ0n) is 16.4. The smallest absolute Gasteiger partial charge is 0.339 e. The third-order valence-electron chi connectivity index (χ3n) is 5.15. The van der Waals surface area contributed by atoms with Gasteiger partial charge in [-0.25, -0.2) is 9.78 Å². The van der Waals surface area contributed by atoms with E-state index in [1.807, 2.05) is 43.3 Å². The Bertz CT molecular complexity index is 1450. The number of rotatable bonds is 4. The Morgan fingerprint density at radius 2 is 1.71 bits per heavy atom. The van der Waals surface area contributed by atoms with E-state index in [-0.39, 0.29) is 16.5 Å². The highest BCUT2D eigenvalue weighted by Gasteiger charge is 2.24. The van der Waals surface area contributed by atoms with Crippen LogP contribution in [0.1, 0.15) is 26.6 Å². The molecule has 6 nitrogen and oxygen atoms in total. The highest BCUT2D eigenvalue weighted by Crippen LogP contribution is 2.39. The van der Waals surface area contributed by atoms with Gasteiger partial charge < -0.3 is 14.8 Å². The van der Waals surface area contributed by atoms with Crippen LogP contribution in [0.25, 0.3) is 33.0 Å². The largest absolute Gasteiger partial charge is 0.478 e. The number of carboxylic acids is 1. The molecule has 2 aromatic heterocycles. The van der Waals surface area contributed by atoms with Gasteiger partial charge >= 0.3 is 11.9 Å². The Balaban J connectivity index is 1.57. The van der Waals surface area contributed by atoms with Crippen molar-refractivity contribution >= 4 is 50.1 Å². The maximum Gasteiger partial charge on any atom is 0.339 e. The van der Waals surface area contributed by atoms with Crippen LogP contribution >= 0.6 is 11.3 Å². The van der Waals surface area contributed by atoms with Crippen molar-refractivity contribution in [2.24, 2.45) is 0 Å². The standard InChI is InChI=1S/C24H16N2O4S/c1-13-10-11-16(15-7-3-2-6-14(13)15)17-12-31-23(20(17)24(28)29)26-21(27)22-25-18-8-4-5-9-19(18)30-22/h2-12H,1H3,(H,26,27)(H,28,29). The molecule has 0 aliphatic rings. The lowest BCUT2D eigenvalue weighted by atomic mass is 9.95. The molecule has 7 heteroatoms. The van der Waals surface area contributed by atoms with Crippen LogP contribution < -0.4 is 5.32 Å². The second-order valence-corrected chi connectivity index (χ2v) is 7.95. The number of oxazole rings is 1. The maximum absolute atomic E-state index is 12.7. The number of benzene rings is 3. The number of aromatic carboxylic acids is 1. The average Bonchev–Trinajstić information content (AvgIpc) is 3.38. The van der Waals surface area contributed by atoms with Gasteiger partial charge in [-0.3, -0.25) is 4.79 Å². The zero-order chi connectivity index (χ0) is 21.5. The number of hydrogen-bond donors (Lipinski definition) is 2. The van der Waals surface area contributed by atoms with Crippen molar-refractivity contribution in [3.63, 3.8) is 0 Å². The third-order valence-corrected chi connectivity index (χ3v) is 6.05. The van der Waals surface area contributed by atoms with Crippen LogP contribution in [0.4, 0.5) is 5.00 Å². The number of carbonyl (C=O) groups excluding carboxylic acids is 1. The molecule has 31 heavy (non-hydrogen) atoms. The summed E-state index contributed by atoms with van der Waals surface area (Å²) in [5.74, 6) is -1.83. The summed E-state index contributed by atoms with van der Waals surface area (Å²) < 4.78 is 5.50. The van der Waals surface area contributed by atoms with E-state index in [9.17, 15) is 14.7 Å². The molecule has 152 valence electrons. The molecule has 1 amide bonds. The number of anilines is 1. The average molecular weight is 428 g/mol. The summed E-state index contributed by atoms with van der Waals surface area (Å²) >= 11 is 1.16. The van der Waals surface area contributed by atoms with E-state index in [4.69, 9.17) is 4.42 Å². The Morgan fingerprint density at radius 1 is 0.968 bits per heavy atom. The van der Waals surface area contributed by atoms with Gasteiger partial charge in [0.2, 0.25) is 0 Å². The van der Waals surface area contributed by atoms with Gasteiger partial charge in [-0.2, -0.15) is 0 Å². The minimum Gasteiger partial charge on any atom is -0.478 e. The number of aromatic nitrogens is 1. The molecule has 0 saturated carbocycles. The van der Waals surface area contributed by atoms with Crippen LogP contribution in [-0.2, 0) is 0 Å². The van der Waals surface area contributed by atoms with Gasteiger partial charge in [0.05, 0.1) is 0 Å². The van der Waals surface area contributed by atoms with E-state index in [1.165, 1.54) is 0 Å². The molecule has 2 N–H and O–H groups in total. The van der Waals surface area contributed by atoms with Crippen molar-refractivity contribution in [1.82, 2.24) is 4.98 Å². The summed E-state index contributed by atoms with van der Waals surface area (Å²) in [7, 11) is 0. The van der Waals surface area contributed by atoms with Crippen LogP contribution in [-0.4, -0.2) is 22.0 Å². The van der Waals surface area contributed by atoms with Gasteiger partial charge in [-0.05, 0) is 41.0 Å². The number of aryl methyl sites for hydroxylation is 1. The van der Waals surface area contributed by atoms with E-state index >= 15 is 0 Å². The zero-order valence-corrected chi connectivity index (χ0v) is 17.2. The van der Waals surface area contributed by atoms with Gasteiger partial charge in [0.25, 0.3) is 5.89 Å². The van der Waals surface area contributed by atoms with Crippen LogP contribution in [0.5, 0.6) is 0 Å². The quantitative estimate of drug-likeness (QED) is 0.368. The molecule has 0 bridgehead atoms. The maximum atomic E-state index is 12.7. The number of thiophene rings is 1. The molecule has 0 aliphatic carbocycles. The van der Waals surface area contributed by atoms with Crippen LogP contribution in [0, 0.1) is 6.92 Å². The predicted molar refractivity (Wildman–Crippen MR) is 121 cm³/mol. The number of nitrogens with one attached hydrogen (secondary N) is 1. The summed E-state index contributed by atoms with van der Waals surface area (Å²) in [6.45, 7) is 2.02. The number of carbonyl (C=O) groups is 2. The van der Waals surface area contributed by atoms with Gasteiger partial charge in [-0.15, -0.1) is 11.3 Å². The second kappa shape index (κ2) is 7.37. The van der Waals surface area contributed by atoms with Crippen molar-refractivity contribution in [3.05, 3.63) is 83.1 Å². The van der Waals surface area contributed by atoms with E-state index in [0.717, 1.165) is 33.2 Å². The number of para-hydroxylation sites is 2. The van der Waals surface area contributed by atoms with Gasteiger partial charge in [0.1, 0.15) is 16.1 Å². The molecule has 2 heterocycles. The summed E-state index contributed by atoms with van der Waals surface area (Å²) in [5.41, 5.74) is 3.56. The summed E-state index contributed by atoms with van der Waals surface area (Å²) in [6, 6.07) is 18.8. The van der Waals surface area contributed by atoms with Gasteiger partial charge in [-0.1, -0.05) is 48.5 Å². The molecule has 0 saturated heterocycles. The normalized spacial score (nSPS) is 11.1. The molecule has 0 fully saturated rings. The first-order chi connectivity index (χ1) is 15.0. The Kier molecular flexibility index (Phi) is 4.52. The minimum absolute atomic E-state index is 0.0449.